The highest BCUT2D eigenvalue weighted by molar-refractivity contribution is 7.13. The highest BCUT2D eigenvalue weighted by atomic mass is 32.1. The van der Waals surface area contributed by atoms with Gasteiger partial charge in [0.2, 0.25) is 11.8 Å². The summed E-state index contributed by atoms with van der Waals surface area (Å²) in [7, 11) is 0. The Balaban J connectivity index is 1.13. The van der Waals surface area contributed by atoms with Gasteiger partial charge in [-0.3, -0.25) is 9.69 Å². The van der Waals surface area contributed by atoms with Gasteiger partial charge in [-0.25, -0.2) is 4.98 Å². The molecule has 7 heteroatoms. The van der Waals surface area contributed by atoms with E-state index in [2.05, 4.69) is 62.6 Å². The molecule has 0 saturated carbocycles. The summed E-state index contributed by atoms with van der Waals surface area (Å²) in [5.41, 5.74) is 4.01. The molecule has 0 aliphatic carbocycles. The van der Waals surface area contributed by atoms with Crippen LogP contribution in [0.15, 0.2) is 76.5 Å². The Bertz CT molecular complexity index is 1210. The summed E-state index contributed by atoms with van der Waals surface area (Å²) >= 11 is 1.57. The van der Waals surface area contributed by atoms with Crippen molar-refractivity contribution in [2.24, 2.45) is 0 Å². The molecule has 174 valence electrons. The third-order valence-electron chi connectivity index (χ3n) is 6.09. The summed E-state index contributed by atoms with van der Waals surface area (Å²) in [6.07, 6.45) is 0.186. The molecule has 0 spiro atoms. The highest BCUT2D eigenvalue weighted by Crippen LogP contribution is 2.26. The molecule has 1 aliphatic heterocycles. The zero-order valence-electron chi connectivity index (χ0n) is 19.2. The summed E-state index contributed by atoms with van der Waals surface area (Å²) in [6, 6.07) is 22.7. The molecule has 6 nitrogen and oxygen atoms in total. The number of piperazine rings is 1. The van der Waals surface area contributed by atoms with Gasteiger partial charge >= 0.3 is 0 Å². The number of anilines is 2. The van der Waals surface area contributed by atoms with Crippen LogP contribution in [0.1, 0.15) is 17.0 Å². The van der Waals surface area contributed by atoms with Crippen LogP contribution in [0.5, 0.6) is 0 Å². The molecular weight excluding hydrogens is 444 g/mol. The number of amides is 1. The fourth-order valence-electron chi connectivity index (χ4n) is 4.22. The zero-order valence-corrected chi connectivity index (χ0v) is 20.1. The van der Waals surface area contributed by atoms with Gasteiger partial charge in [0, 0.05) is 44.1 Å². The first-order valence-corrected chi connectivity index (χ1v) is 12.4. The Morgan fingerprint density at radius 1 is 1.00 bits per heavy atom. The van der Waals surface area contributed by atoms with E-state index in [1.807, 2.05) is 36.6 Å². The van der Waals surface area contributed by atoms with Crippen molar-refractivity contribution < 1.29 is 9.21 Å². The minimum absolute atomic E-state index is 0.101. The number of oxazole rings is 1. The summed E-state index contributed by atoms with van der Waals surface area (Å²) in [5.74, 6) is 1.15. The van der Waals surface area contributed by atoms with Crippen molar-refractivity contribution in [3.8, 4) is 10.8 Å². The van der Waals surface area contributed by atoms with Crippen molar-refractivity contribution in [3.63, 3.8) is 0 Å². The average Bonchev–Trinajstić information content (AvgIpc) is 3.51. The van der Waals surface area contributed by atoms with E-state index in [9.17, 15) is 4.79 Å². The number of aromatic nitrogens is 1. The van der Waals surface area contributed by atoms with Crippen LogP contribution in [0, 0.1) is 6.92 Å². The molecule has 1 fully saturated rings. The first-order valence-electron chi connectivity index (χ1n) is 11.6. The van der Waals surface area contributed by atoms with E-state index in [1.165, 1.54) is 11.3 Å². The SMILES string of the molecule is Cc1oc(-c2cccs2)nc1CC(=O)Nc1ccc(N2CCN(Cc3ccccc3)CC2)cc1. The molecule has 0 bridgehead atoms. The normalized spacial score (nSPS) is 14.3. The van der Waals surface area contributed by atoms with Crippen molar-refractivity contribution in [1.82, 2.24) is 9.88 Å². The lowest BCUT2D eigenvalue weighted by atomic mass is 10.2. The summed E-state index contributed by atoms with van der Waals surface area (Å²) < 4.78 is 5.74. The zero-order chi connectivity index (χ0) is 23.3. The molecule has 5 rings (SSSR count). The lowest BCUT2D eigenvalue weighted by molar-refractivity contribution is -0.115. The number of nitrogens with zero attached hydrogens (tertiary/aromatic N) is 3. The number of hydrogen-bond acceptors (Lipinski definition) is 6. The van der Waals surface area contributed by atoms with E-state index in [4.69, 9.17) is 4.42 Å². The van der Waals surface area contributed by atoms with Crippen LogP contribution in [0.3, 0.4) is 0 Å². The maximum Gasteiger partial charge on any atom is 0.236 e. The number of benzene rings is 2. The lowest BCUT2D eigenvalue weighted by Gasteiger charge is -2.36. The van der Waals surface area contributed by atoms with E-state index in [0.29, 0.717) is 17.3 Å². The van der Waals surface area contributed by atoms with Gasteiger partial charge in [0.15, 0.2) is 0 Å². The van der Waals surface area contributed by atoms with Gasteiger partial charge in [0.25, 0.3) is 0 Å². The van der Waals surface area contributed by atoms with Crippen LogP contribution < -0.4 is 10.2 Å². The van der Waals surface area contributed by atoms with Gasteiger partial charge in [-0.1, -0.05) is 36.4 Å². The molecule has 0 radical (unpaired) electrons. The topological polar surface area (TPSA) is 61.6 Å². The largest absolute Gasteiger partial charge is 0.440 e. The monoisotopic (exact) mass is 472 g/mol. The predicted molar refractivity (Wildman–Crippen MR) is 137 cm³/mol. The van der Waals surface area contributed by atoms with E-state index in [-0.39, 0.29) is 12.3 Å². The molecule has 0 atom stereocenters. The number of carbonyl (C=O) groups is 1. The minimum Gasteiger partial charge on any atom is -0.440 e. The first kappa shape index (κ1) is 22.4. The molecule has 3 heterocycles. The Labute approximate surface area is 203 Å². The molecule has 2 aromatic carbocycles. The summed E-state index contributed by atoms with van der Waals surface area (Å²) in [6.45, 7) is 6.92. The van der Waals surface area contributed by atoms with Crippen molar-refractivity contribution in [3.05, 3.63) is 89.1 Å². The van der Waals surface area contributed by atoms with Gasteiger partial charge in [-0.15, -0.1) is 11.3 Å². The molecule has 0 unspecified atom stereocenters. The lowest BCUT2D eigenvalue weighted by Crippen LogP contribution is -2.45. The molecule has 4 aromatic rings. The first-order chi connectivity index (χ1) is 16.6. The Morgan fingerprint density at radius 2 is 1.76 bits per heavy atom. The quantitative estimate of drug-likeness (QED) is 0.400. The second kappa shape index (κ2) is 10.2. The number of carbonyl (C=O) groups excluding carboxylic acids is 1. The van der Waals surface area contributed by atoms with Gasteiger partial charge in [0.1, 0.15) is 5.76 Å². The Hall–Kier alpha value is -3.42. The van der Waals surface area contributed by atoms with E-state index in [1.54, 1.807) is 11.3 Å². The van der Waals surface area contributed by atoms with E-state index in [0.717, 1.165) is 43.3 Å². The number of thiophene rings is 1. The second-order valence-electron chi connectivity index (χ2n) is 8.52. The van der Waals surface area contributed by atoms with Gasteiger partial charge in [-0.2, -0.15) is 0 Å². The third-order valence-corrected chi connectivity index (χ3v) is 6.95. The van der Waals surface area contributed by atoms with E-state index < -0.39 is 0 Å². The fraction of sp³-hybridized carbons (Fsp3) is 0.259. The van der Waals surface area contributed by atoms with Gasteiger partial charge in [-0.05, 0) is 48.2 Å². The van der Waals surface area contributed by atoms with Crippen molar-refractivity contribution in [1.29, 1.82) is 0 Å². The fourth-order valence-corrected chi connectivity index (χ4v) is 4.87. The smallest absolute Gasteiger partial charge is 0.236 e. The van der Waals surface area contributed by atoms with Gasteiger partial charge in [0.05, 0.1) is 17.0 Å². The summed E-state index contributed by atoms with van der Waals surface area (Å²) in [5, 5.41) is 4.96. The number of aryl methyl sites for hydroxylation is 1. The molecule has 2 aromatic heterocycles. The molecule has 34 heavy (non-hydrogen) atoms. The second-order valence-corrected chi connectivity index (χ2v) is 9.47. The highest BCUT2D eigenvalue weighted by Gasteiger charge is 2.18. The van der Waals surface area contributed by atoms with Crippen molar-refractivity contribution in [2.75, 3.05) is 36.4 Å². The van der Waals surface area contributed by atoms with Crippen LogP contribution in [-0.4, -0.2) is 42.0 Å². The number of nitrogens with one attached hydrogen (secondary N) is 1. The third kappa shape index (κ3) is 5.38. The van der Waals surface area contributed by atoms with Crippen molar-refractivity contribution in [2.45, 2.75) is 19.9 Å². The Morgan fingerprint density at radius 3 is 2.47 bits per heavy atom. The maximum atomic E-state index is 12.6. The van der Waals surface area contributed by atoms with E-state index >= 15 is 0 Å². The van der Waals surface area contributed by atoms with Crippen LogP contribution in [0.2, 0.25) is 0 Å². The molecule has 1 amide bonds. The predicted octanol–water partition coefficient (Wildman–Crippen LogP) is 5.21. The maximum absolute atomic E-state index is 12.6. The Kier molecular flexibility index (Phi) is 6.74. The van der Waals surface area contributed by atoms with Crippen LogP contribution in [0.4, 0.5) is 11.4 Å². The average molecular weight is 473 g/mol. The minimum atomic E-state index is -0.101. The van der Waals surface area contributed by atoms with Crippen LogP contribution in [-0.2, 0) is 17.8 Å². The number of rotatable bonds is 7. The van der Waals surface area contributed by atoms with Crippen LogP contribution in [0.25, 0.3) is 10.8 Å². The molecular formula is C27H28N4O2S. The molecule has 1 N–H and O–H groups in total. The summed E-state index contributed by atoms with van der Waals surface area (Å²) in [4.78, 5) is 23.0. The molecule has 1 aliphatic rings. The molecule has 1 saturated heterocycles. The van der Waals surface area contributed by atoms with Crippen LogP contribution >= 0.6 is 11.3 Å². The standard InChI is InChI=1S/C27H28N4O2S/c1-20-24(29-27(33-20)25-8-5-17-34-25)18-26(32)28-22-9-11-23(12-10-22)31-15-13-30(14-16-31)19-21-6-3-2-4-7-21/h2-12,17H,13-16,18-19H2,1H3,(H,28,32). The van der Waals surface area contributed by atoms with Crippen molar-refractivity contribution >= 4 is 28.6 Å². The number of hydrogen-bond donors (Lipinski definition) is 1. The van der Waals surface area contributed by atoms with Gasteiger partial charge < -0.3 is 14.6 Å².